The molecule has 2 aliphatic heterocycles. The van der Waals surface area contributed by atoms with Crippen molar-refractivity contribution in [2.75, 3.05) is 33.5 Å². The van der Waals surface area contributed by atoms with Crippen molar-refractivity contribution >= 4 is 30.0 Å². The Bertz CT molecular complexity index is 941. The largest absolute Gasteiger partial charge is 0.476 e. The number of ether oxygens (including phenoxy) is 3. The highest BCUT2D eigenvalue weighted by Crippen LogP contribution is 2.41. The number of nitrogens with one attached hydrogen (secondary N) is 1. The topological polar surface area (TPSA) is 112 Å². The lowest BCUT2D eigenvalue weighted by atomic mass is 9.79. The summed E-state index contributed by atoms with van der Waals surface area (Å²) in [5.41, 5.74) is 3.12. The fourth-order valence-corrected chi connectivity index (χ4v) is 3.64. The molecule has 0 aromatic heterocycles. The molecule has 0 bridgehead atoms. The molecule has 1 unspecified atom stereocenters. The van der Waals surface area contributed by atoms with Crippen LogP contribution in [0.25, 0.3) is 0 Å². The van der Waals surface area contributed by atoms with Crippen molar-refractivity contribution in [2.45, 2.75) is 26.2 Å². The molecule has 31 heavy (non-hydrogen) atoms. The minimum atomic E-state index is -0.604. The number of nitro benzene ring substituents is 1. The summed E-state index contributed by atoms with van der Waals surface area (Å²) < 4.78 is 16.1. The lowest BCUT2D eigenvalue weighted by molar-refractivity contribution is -0.384. The van der Waals surface area contributed by atoms with Gasteiger partial charge in [-0.15, -0.1) is 12.4 Å². The van der Waals surface area contributed by atoms with Crippen molar-refractivity contribution in [3.05, 3.63) is 62.5 Å². The second kappa shape index (κ2) is 10.9. The average molecular weight is 452 g/mol. The van der Waals surface area contributed by atoms with Crippen LogP contribution < -0.4 is 5.32 Å². The van der Waals surface area contributed by atoms with Gasteiger partial charge in [-0.3, -0.25) is 10.1 Å². The summed E-state index contributed by atoms with van der Waals surface area (Å²) in [5.74, 6) is -0.668. The maximum atomic E-state index is 13.0. The molecular weight excluding hydrogens is 426 g/mol. The van der Waals surface area contributed by atoms with Gasteiger partial charge in [0.2, 0.25) is 5.90 Å². The number of esters is 1. The fraction of sp³-hybridized carbons (Fsp3) is 0.429. The highest BCUT2D eigenvalue weighted by Gasteiger charge is 2.38. The Balaban J connectivity index is 0.00000341. The summed E-state index contributed by atoms with van der Waals surface area (Å²) in [6, 6.07) is 6.28. The second-order valence-corrected chi connectivity index (χ2v) is 6.86. The lowest BCUT2D eigenvalue weighted by Crippen LogP contribution is -2.33. The molecule has 9 nitrogen and oxygen atoms in total. The van der Waals surface area contributed by atoms with Gasteiger partial charge >= 0.3 is 5.97 Å². The molecule has 3 rings (SSSR count). The molecule has 1 N–H and O–H groups in total. The number of hydrogen-bond acceptors (Lipinski definition) is 8. The molecule has 0 radical (unpaired) electrons. The number of allylic oxidation sites excluding steroid dienone is 2. The van der Waals surface area contributed by atoms with E-state index in [1.165, 1.54) is 19.2 Å². The first-order valence-electron chi connectivity index (χ1n) is 9.76. The first-order valence-corrected chi connectivity index (χ1v) is 9.76. The molecule has 0 saturated carbocycles. The zero-order valence-corrected chi connectivity index (χ0v) is 18.5. The second-order valence-electron chi connectivity index (χ2n) is 6.86. The summed E-state index contributed by atoms with van der Waals surface area (Å²) in [7, 11) is 1.52. The number of non-ortho nitro benzene ring substituents is 1. The van der Waals surface area contributed by atoms with Crippen LogP contribution in [0.5, 0.6) is 0 Å². The van der Waals surface area contributed by atoms with E-state index in [1.54, 1.807) is 19.1 Å². The number of aliphatic imine (C=N–C) groups is 1. The van der Waals surface area contributed by atoms with E-state index in [2.05, 4.69) is 10.3 Å². The molecule has 10 heteroatoms. The summed E-state index contributed by atoms with van der Waals surface area (Å²) in [4.78, 5) is 28.4. The summed E-state index contributed by atoms with van der Waals surface area (Å²) in [6.45, 7) is 5.12. The van der Waals surface area contributed by atoms with E-state index < -0.39 is 16.8 Å². The predicted octanol–water partition coefficient (Wildman–Crippen LogP) is 3.26. The number of nitro groups is 1. The third kappa shape index (κ3) is 5.23. The van der Waals surface area contributed by atoms with Crippen molar-refractivity contribution in [2.24, 2.45) is 4.99 Å². The van der Waals surface area contributed by atoms with Crippen molar-refractivity contribution in [3.8, 4) is 0 Å². The van der Waals surface area contributed by atoms with E-state index in [-0.39, 0.29) is 31.3 Å². The highest BCUT2D eigenvalue weighted by molar-refractivity contribution is 6.02. The summed E-state index contributed by atoms with van der Waals surface area (Å²) in [5, 5.41) is 14.6. The normalized spacial score (nSPS) is 18.0. The van der Waals surface area contributed by atoms with Crippen LogP contribution in [0.1, 0.15) is 31.7 Å². The molecule has 0 amide bonds. The van der Waals surface area contributed by atoms with Crippen LogP contribution in [0.3, 0.4) is 0 Å². The van der Waals surface area contributed by atoms with Gasteiger partial charge in [0.25, 0.3) is 5.69 Å². The molecule has 1 atom stereocenters. The van der Waals surface area contributed by atoms with Gasteiger partial charge in [-0.05, 0) is 18.9 Å². The summed E-state index contributed by atoms with van der Waals surface area (Å²) >= 11 is 0. The fourth-order valence-electron chi connectivity index (χ4n) is 3.64. The molecular formula is C21H26ClN3O6. The Hall–Kier alpha value is -2.91. The van der Waals surface area contributed by atoms with E-state index in [4.69, 9.17) is 14.2 Å². The molecule has 1 aromatic rings. The van der Waals surface area contributed by atoms with Crippen LogP contribution in [0, 0.1) is 10.1 Å². The van der Waals surface area contributed by atoms with Gasteiger partial charge in [0.05, 0.1) is 29.6 Å². The Morgan fingerprint density at radius 3 is 2.77 bits per heavy atom. The SMILES string of the molecule is CCC1=C(C2=NCCO2)C(c2cccc([N+](=O)[O-])c2)C(C(=O)OCCOC)=C(C)N1.Cl. The minimum Gasteiger partial charge on any atom is -0.476 e. The molecule has 1 aromatic carbocycles. The number of halogens is 1. The first-order chi connectivity index (χ1) is 14.5. The average Bonchev–Trinajstić information content (AvgIpc) is 3.27. The van der Waals surface area contributed by atoms with Crippen LogP contribution in [0.4, 0.5) is 5.69 Å². The number of rotatable bonds is 8. The quantitative estimate of drug-likeness (QED) is 0.279. The Morgan fingerprint density at radius 1 is 1.39 bits per heavy atom. The van der Waals surface area contributed by atoms with Crippen LogP contribution in [-0.2, 0) is 19.0 Å². The van der Waals surface area contributed by atoms with Crippen molar-refractivity contribution < 1.29 is 23.9 Å². The van der Waals surface area contributed by atoms with Crippen molar-refractivity contribution in [1.82, 2.24) is 5.32 Å². The maximum Gasteiger partial charge on any atom is 0.336 e. The number of carbonyl (C=O) groups excluding carboxylic acids is 1. The lowest BCUT2D eigenvalue weighted by Gasteiger charge is -2.32. The standard InChI is InChI=1S/C21H25N3O6.ClH/c1-4-16-19(20-22-8-9-29-20)18(14-6-5-7-15(12-14)24(26)27)17(13(2)23-16)21(25)30-11-10-28-3;/h5-7,12,18,23H,4,8-11H2,1-3H3;1H. The van der Waals surface area contributed by atoms with Gasteiger partial charge in [-0.1, -0.05) is 19.1 Å². The predicted molar refractivity (Wildman–Crippen MR) is 117 cm³/mol. The Kier molecular flexibility index (Phi) is 8.58. The highest BCUT2D eigenvalue weighted by atomic mass is 35.5. The summed E-state index contributed by atoms with van der Waals surface area (Å²) in [6.07, 6.45) is 0.645. The number of carbonyl (C=O) groups is 1. The molecule has 2 aliphatic rings. The third-order valence-electron chi connectivity index (χ3n) is 4.97. The zero-order chi connectivity index (χ0) is 21.7. The van der Waals surface area contributed by atoms with Crippen LogP contribution >= 0.6 is 12.4 Å². The van der Waals surface area contributed by atoms with Crippen LogP contribution in [0.2, 0.25) is 0 Å². The van der Waals surface area contributed by atoms with Gasteiger partial charge < -0.3 is 19.5 Å². The van der Waals surface area contributed by atoms with Gasteiger partial charge in [-0.25, -0.2) is 9.79 Å². The molecule has 0 aliphatic carbocycles. The van der Waals surface area contributed by atoms with E-state index >= 15 is 0 Å². The van der Waals surface area contributed by atoms with Crippen LogP contribution in [-0.4, -0.2) is 50.3 Å². The van der Waals surface area contributed by atoms with Crippen LogP contribution in [0.15, 0.2) is 51.8 Å². The molecule has 0 saturated heterocycles. The van der Waals surface area contributed by atoms with E-state index in [0.717, 1.165) is 5.70 Å². The van der Waals surface area contributed by atoms with E-state index in [0.29, 0.717) is 47.9 Å². The van der Waals surface area contributed by atoms with E-state index in [1.807, 2.05) is 6.92 Å². The monoisotopic (exact) mass is 451 g/mol. The van der Waals surface area contributed by atoms with Gasteiger partial charge in [0, 0.05) is 36.2 Å². The number of dihydropyridines is 1. The smallest absolute Gasteiger partial charge is 0.336 e. The number of hydrogen-bond donors (Lipinski definition) is 1. The maximum absolute atomic E-state index is 13.0. The molecule has 2 heterocycles. The molecule has 0 spiro atoms. The number of nitrogens with zero attached hydrogens (tertiary/aromatic N) is 2. The number of benzene rings is 1. The minimum absolute atomic E-state index is 0. The Labute approximate surface area is 186 Å². The van der Waals surface area contributed by atoms with Crippen molar-refractivity contribution in [1.29, 1.82) is 0 Å². The third-order valence-corrected chi connectivity index (χ3v) is 4.97. The van der Waals surface area contributed by atoms with Gasteiger partial charge in [0.1, 0.15) is 13.2 Å². The Morgan fingerprint density at radius 2 is 2.16 bits per heavy atom. The molecule has 0 fully saturated rings. The molecule has 168 valence electrons. The van der Waals surface area contributed by atoms with Gasteiger partial charge in [0.15, 0.2) is 0 Å². The zero-order valence-electron chi connectivity index (χ0n) is 17.7. The number of methoxy groups -OCH3 is 1. The first kappa shape index (κ1) is 24.4. The van der Waals surface area contributed by atoms with Crippen molar-refractivity contribution in [3.63, 3.8) is 0 Å². The van der Waals surface area contributed by atoms with E-state index in [9.17, 15) is 14.9 Å². The van der Waals surface area contributed by atoms with Gasteiger partial charge in [-0.2, -0.15) is 0 Å².